The van der Waals surface area contributed by atoms with Crippen LogP contribution in [0.25, 0.3) is 0 Å². The number of fused-ring (bicyclic) bond motifs is 3. The van der Waals surface area contributed by atoms with E-state index < -0.39 is 0 Å². The summed E-state index contributed by atoms with van der Waals surface area (Å²) in [5.41, 5.74) is 8.48. The topological polar surface area (TPSA) is 59.9 Å². The summed E-state index contributed by atoms with van der Waals surface area (Å²) in [6, 6.07) is 12.8. The van der Waals surface area contributed by atoms with Crippen molar-refractivity contribution >= 4 is 5.69 Å². The van der Waals surface area contributed by atoms with Crippen LogP contribution in [0.5, 0.6) is 5.88 Å². The van der Waals surface area contributed by atoms with E-state index >= 15 is 0 Å². The van der Waals surface area contributed by atoms with Crippen molar-refractivity contribution in [2.75, 3.05) is 11.9 Å². The first-order valence-electron chi connectivity index (χ1n) is 10.7. The number of nitrogens with one attached hydrogen (secondary N) is 1. The highest BCUT2D eigenvalue weighted by Crippen LogP contribution is 2.36. The minimum Gasteiger partial charge on any atom is -0.464 e. The van der Waals surface area contributed by atoms with Crippen molar-refractivity contribution in [3.8, 4) is 5.88 Å². The van der Waals surface area contributed by atoms with E-state index in [-0.39, 0.29) is 6.10 Å². The predicted octanol–water partition coefficient (Wildman–Crippen LogP) is 4.18. The zero-order valence-corrected chi connectivity index (χ0v) is 16.4. The number of anilines is 1. The Morgan fingerprint density at radius 1 is 0.862 bits per heavy atom. The molecule has 0 radical (unpaired) electrons. The van der Waals surface area contributed by atoms with Gasteiger partial charge in [-0.2, -0.15) is 0 Å². The molecular weight excluding hydrogens is 360 g/mol. The van der Waals surface area contributed by atoms with E-state index in [2.05, 4.69) is 34.6 Å². The third-order valence-corrected chi connectivity index (χ3v) is 6.45. The number of pyridine rings is 3. The lowest BCUT2D eigenvalue weighted by Crippen LogP contribution is -2.25. The molecule has 3 aromatic rings. The molecule has 6 rings (SSSR count). The lowest BCUT2D eigenvalue weighted by Gasteiger charge is -2.26. The van der Waals surface area contributed by atoms with Crippen LogP contribution in [-0.2, 0) is 25.7 Å². The molecule has 0 fully saturated rings. The molecule has 2 unspecified atom stereocenters. The van der Waals surface area contributed by atoms with Crippen LogP contribution in [0.2, 0.25) is 0 Å². The van der Waals surface area contributed by atoms with Crippen LogP contribution in [0.15, 0.2) is 42.6 Å². The molecule has 4 heterocycles. The fourth-order valence-electron chi connectivity index (χ4n) is 4.86. The zero-order valence-electron chi connectivity index (χ0n) is 16.4. The molecule has 5 nitrogen and oxygen atoms in total. The molecule has 146 valence electrons. The molecule has 29 heavy (non-hydrogen) atoms. The smallest absolute Gasteiger partial charge is 0.238 e. The van der Waals surface area contributed by atoms with Crippen molar-refractivity contribution < 1.29 is 4.74 Å². The zero-order chi connectivity index (χ0) is 19.2. The Hall–Kier alpha value is -2.95. The molecule has 3 aliphatic rings. The van der Waals surface area contributed by atoms with Gasteiger partial charge in [-0.3, -0.25) is 9.97 Å². The highest BCUT2D eigenvalue weighted by Gasteiger charge is 2.29. The number of hydrogen-bond donors (Lipinski definition) is 1. The van der Waals surface area contributed by atoms with Gasteiger partial charge in [0.25, 0.3) is 0 Å². The second-order valence-corrected chi connectivity index (χ2v) is 8.34. The molecule has 1 aliphatic heterocycles. The Morgan fingerprint density at radius 2 is 1.72 bits per heavy atom. The van der Waals surface area contributed by atoms with Gasteiger partial charge in [0.1, 0.15) is 0 Å². The van der Waals surface area contributed by atoms with E-state index in [9.17, 15) is 0 Å². The van der Waals surface area contributed by atoms with Crippen molar-refractivity contribution in [3.63, 3.8) is 0 Å². The van der Waals surface area contributed by atoms with Gasteiger partial charge in [-0.05, 0) is 73.9 Å². The third-order valence-electron chi connectivity index (χ3n) is 6.45. The summed E-state index contributed by atoms with van der Waals surface area (Å²) in [7, 11) is 0. The van der Waals surface area contributed by atoms with Crippen molar-refractivity contribution in [2.45, 2.75) is 50.5 Å². The quantitative estimate of drug-likeness (QED) is 0.718. The van der Waals surface area contributed by atoms with Crippen molar-refractivity contribution in [3.05, 3.63) is 76.5 Å². The molecule has 0 bridgehead atoms. The summed E-state index contributed by atoms with van der Waals surface area (Å²) in [5, 5.41) is 3.40. The molecule has 2 atom stereocenters. The lowest BCUT2D eigenvalue weighted by molar-refractivity contribution is 0.196. The SMILES string of the molecule is c1cnc2c(c1)NCC(c1ccc3c(n1)CC(c1ccc4c(n1)CCCC4)C3)O2. The average Bonchev–Trinajstić information content (AvgIpc) is 3.22. The van der Waals surface area contributed by atoms with E-state index in [1.54, 1.807) is 6.20 Å². The van der Waals surface area contributed by atoms with Gasteiger partial charge in [-0.1, -0.05) is 12.1 Å². The number of nitrogens with zero attached hydrogens (tertiary/aromatic N) is 3. The van der Waals surface area contributed by atoms with Crippen LogP contribution in [0.1, 0.15) is 58.8 Å². The number of rotatable bonds is 2. The van der Waals surface area contributed by atoms with Gasteiger partial charge < -0.3 is 10.1 Å². The molecular formula is C24H24N4O. The molecule has 0 aromatic carbocycles. The summed E-state index contributed by atoms with van der Waals surface area (Å²) >= 11 is 0. The van der Waals surface area contributed by atoms with Gasteiger partial charge >= 0.3 is 0 Å². The number of hydrogen-bond acceptors (Lipinski definition) is 5. The molecule has 1 N–H and O–H groups in total. The molecule has 0 amide bonds. The average molecular weight is 384 g/mol. The van der Waals surface area contributed by atoms with Crippen LogP contribution in [0.4, 0.5) is 5.69 Å². The van der Waals surface area contributed by atoms with E-state index in [0.29, 0.717) is 18.3 Å². The first-order chi connectivity index (χ1) is 14.3. The number of ether oxygens (including phenoxy) is 1. The molecule has 0 saturated heterocycles. The Labute approximate surface area is 170 Å². The van der Waals surface area contributed by atoms with Crippen molar-refractivity contribution in [2.24, 2.45) is 0 Å². The monoisotopic (exact) mass is 384 g/mol. The minimum absolute atomic E-state index is 0.108. The van der Waals surface area contributed by atoms with E-state index in [4.69, 9.17) is 14.7 Å². The van der Waals surface area contributed by atoms with E-state index in [0.717, 1.165) is 30.6 Å². The van der Waals surface area contributed by atoms with Gasteiger partial charge in [0.05, 0.1) is 17.9 Å². The van der Waals surface area contributed by atoms with Crippen LogP contribution in [-0.4, -0.2) is 21.5 Å². The van der Waals surface area contributed by atoms with Crippen molar-refractivity contribution in [1.29, 1.82) is 0 Å². The van der Waals surface area contributed by atoms with E-state index in [1.165, 1.54) is 47.5 Å². The molecule has 5 heteroatoms. The second-order valence-electron chi connectivity index (χ2n) is 8.34. The van der Waals surface area contributed by atoms with Gasteiger partial charge in [0.2, 0.25) is 5.88 Å². The highest BCUT2D eigenvalue weighted by molar-refractivity contribution is 5.54. The summed E-state index contributed by atoms with van der Waals surface area (Å²) in [6.45, 7) is 0.709. The maximum Gasteiger partial charge on any atom is 0.238 e. The maximum absolute atomic E-state index is 6.10. The Morgan fingerprint density at radius 3 is 2.72 bits per heavy atom. The molecule has 0 spiro atoms. The third kappa shape index (κ3) is 3.05. The lowest BCUT2D eigenvalue weighted by atomic mass is 9.93. The highest BCUT2D eigenvalue weighted by atomic mass is 16.5. The Bertz CT molecular complexity index is 1080. The Balaban J connectivity index is 1.23. The molecule has 0 saturated carbocycles. The largest absolute Gasteiger partial charge is 0.464 e. The summed E-state index contributed by atoms with van der Waals surface area (Å²) in [4.78, 5) is 14.4. The van der Waals surface area contributed by atoms with Crippen LogP contribution in [0, 0.1) is 0 Å². The van der Waals surface area contributed by atoms with Gasteiger partial charge in [0, 0.05) is 29.2 Å². The first-order valence-corrected chi connectivity index (χ1v) is 10.7. The van der Waals surface area contributed by atoms with Crippen molar-refractivity contribution in [1.82, 2.24) is 15.0 Å². The minimum atomic E-state index is -0.108. The summed E-state index contributed by atoms with van der Waals surface area (Å²) in [5.74, 6) is 1.09. The van der Waals surface area contributed by atoms with Crippen LogP contribution < -0.4 is 10.1 Å². The standard InChI is InChI=1S/C24H24N4O/c1-2-5-18-15(4-1)7-9-19(27-18)17-12-16-8-10-20(28-22(16)13-17)23-14-26-21-6-3-11-25-24(21)29-23/h3,6-11,17,23,26H,1-2,4-5,12-14H2. The number of aryl methyl sites for hydroxylation is 2. The van der Waals surface area contributed by atoms with Gasteiger partial charge in [-0.25, -0.2) is 4.98 Å². The van der Waals surface area contributed by atoms with Crippen LogP contribution in [0.3, 0.4) is 0 Å². The molecule has 3 aromatic heterocycles. The summed E-state index contributed by atoms with van der Waals surface area (Å²) < 4.78 is 6.10. The normalized spacial score (nSPS) is 22.1. The second kappa shape index (κ2) is 6.83. The van der Waals surface area contributed by atoms with Crippen LogP contribution >= 0.6 is 0 Å². The summed E-state index contributed by atoms with van der Waals surface area (Å²) in [6.07, 6.45) is 8.53. The molecule has 2 aliphatic carbocycles. The predicted molar refractivity (Wildman–Crippen MR) is 111 cm³/mol. The first kappa shape index (κ1) is 17.0. The fourth-order valence-corrected chi connectivity index (χ4v) is 4.86. The van der Waals surface area contributed by atoms with Gasteiger partial charge in [-0.15, -0.1) is 0 Å². The van der Waals surface area contributed by atoms with Gasteiger partial charge in [0.15, 0.2) is 6.10 Å². The number of aromatic nitrogens is 3. The Kier molecular flexibility index (Phi) is 3.99. The van der Waals surface area contributed by atoms with E-state index in [1.807, 2.05) is 12.1 Å². The maximum atomic E-state index is 6.10. The fraction of sp³-hybridized carbons (Fsp3) is 0.375.